The molecule has 6 nitrogen and oxygen atoms in total. The zero-order valence-corrected chi connectivity index (χ0v) is 16.7. The first-order valence-corrected chi connectivity index (χ1v) is 10.0. The summed E-state index contributed by atoms with van der Waals surface area (Å²) in [6.45, 7) is 0. The van der Waals surface area contributed by atoms with Gasteiger partial charge < -0.3 is 5.32 Å². The lowest BCUT2D eigenvalue weighted by Crippen LogP contribution is -2.21. The quantitative estimate of drug-likeness (QED) is 0.608. The van der Waals surface area contributed by atoms with Crippen LogP contribution in [0.15, 0.2) is 58.8 Å². The number of thioether (sulfide) groups is 1. The molecule has 0 spiro atoms. The van der Waals surface area contributed by atoms with Gasteiger partial charge in [-0.3, -0.25) is 4.79 Å². The van der Waals surface area contributed by atoms with Crippen molar-refractivity contribution in [2.45, 2.75) is 17.8 Å². The van der Waals surface area contributed by atoms with E-state index >= 15 is 0 Å². The van der Waals surface area contributed by atoms with Crippen molar-refractivity contribution < 1.29 is 18.0 Å². The highest BCUT2D eigenvalue weighted by Crippen LogP contribution is 2.31. The van der Waals surface area contributed by atoms with Crippen LogP contribution in [0.3, 0.4) is 0 Å². The summed E-state index contributed by atoms with van der Waals surface area (Å²) in [5.74, 6) is 0.470. The number of amides is 1. The van der Waals surface area contributed by atoms with Gasteiger partial charge in [0.1, 0.15) is 0 Å². The molecule has 0 saturated carbocycles. The van der Waals surface area contributed by atoms with Gasteiger partial charge in [-0.2, -0.15) is 22.9 Å². The predicted molar refractivity (Wildman–Crippen MR) is 109 cm³/mol. The number of carbonyl (C=O) groups is 1. The topological polar surface area (TPSA) is 72.2 Å². The average Bonchev–Trinajstić information content (AvgIpc) is 3.11. The predicted octanol–water partition coefficient (Wildman–Crippen LogP) is 4.96. The van der Waals surface area contributed by atoms with Gasteiger partial charge >= 0.3 is 6.18 Å². The molecule has 1 aliphatic heterocycles. The van der Waals surface area contributed by atoms with Crippen molar-refractivity contribution in [3.63, 3.8) is 0 Å². The lowest BCUT2D eigenvalue weighted by atomic mass is 10.2. The van der Waals surface area contributed by atoms with Crippen LogP contribution in [0.1, 0.15) is 12.0 Å². The Morgan fingerprint density at radius 3 is 2.67 bits per heavy atom. The second-order valence-corrected chi connectivity index (χ2v) is 7.76. The van der Waals surface area contributed by atoms with Crippen LogP contribution in [0, 0.1) is 0 Å². The summed E-state index contributed by atoms with van der Waals surface area (Å²) in [4.78, 5) is 12.3. The molecule has 0 atom stereocenters. The molecule has 4 rings (SSSR count). The van der Waals surface area contributed by atoms with E-state index in [1.165, 1.54) is 23.9 Å². The first-order valence-electron chi connectivity index (χ1n) is 8.67. The molecule has 0 aliphatic carbocycles. The van der Waals surface area contributed by atoms with Crippen molar-refractivity contribution in [1.82, 2.24) is 14.9 Å². The fraction of sp³-hybridized carbons (Fsp3) is 0.158. The third-order valence-corrected chi connectivity index (χ3v) is 5.40. The molecule has 154 valence electrons. The number of hydrogen-bond donors (Lipinski definition) is 1. The van der Waals surface area contributed by atoms with E-state index in [9.17, 15) is 18.0 Å². The minimum Gasteiger partial charge on any atom is -0.326 e. The summed E-state index contributed by atoms with van der Waals surface area (Å²) < 4.78 is 40.0. The number of benzene rings is 2. The average molecular weight is 452 g/mol. The molecule has 1 N–H and O–H groups in total. The van der Waals surface area contributed by atoms with E-state index in [1.54, 1.807) is 28.9 Å². The van der Waals surface area contributed by atoms with Crippen LogP contribution in [0.2, 0.25) is 5.02 Å². The number of anilines is 1. The molecule has 2 heterocycles. The maximum absolute atomic E-state index is 12.8. The third-order valence-electron chi connectivity index (χ3n) is 4.16. The zero-order valence-electron chi connectivity index (χ0n) is 15.2. The van der Waals surface area contributed by atoms with Gasteiger partial charge in [0.05, 0.1) is 17.7 Å². The van der Waals surface area contributed by atoms with E-state index in [2.05, 4.69) is 20.6 Å². The first-order chi connectivity index (χ1) is 14.3. The molecule has 1 aromatic heterocycles. The fourth-order valence-corrected chi connectivity index (χ4v) is 3.72. The van der Waals surface area contributed by atoms with Crippen molar-refractivity contribution >= 4 is 40.7 Å². The summed E-state index contributed by atoms with van der Waals surface area (Å²) in [6.07, 6.45) is -4.55. The Kier molecular flexibility index (Phi) is 5.52. The van der Waals surface area contributed by atoms with Crippen LogP contribution in [0.5, 0.6) is 0 Å². The summed E-state index contributed by atoms with van der Waals surface area (Å²) in [7, 11) is 0. The van der Waals surface area contributed by atoms with E-state index in [-0.39, 0.29) is 12.1 Å². The Morgan fingerprint density at radius 2 is 1.93 bits per heavy atom. The van der Waals surface area contributed by atoms with E-state index in [1.807, 2.05) is 0 Å². The van der Waals surface area contributed by atoms with Gasteiger partial charge in [-0.25, -0.2) is 0 Å². The maximum Gasteiger partial charge on any atom is 0.416 e. The second kappa shape index (κ2) is 8.11. The number of carbonyl (C=O) groups excluding carboxylic acids is 1. The summed E-state index contributed by atoms with van der Waals surface area (Å²) >= 11 is 7.29. The lowest BCUT2D eigenvalue weighted by Gasteiger charge is -2.14. The molecular formula is C19H13ClF3N5OS. The highest BCUT2D eigenvalue weighted by molar-refractivity contribution is 7.99. The van der Waals surface area contributed by atoms with Gasteiger partial charge in [0.2, 0.25) is 11.1 Å². The number of rotatable bonds is 4. The molecule has 0 bridgehead atoms. The molecule has 1 aliphatic rings. The second-order valence-electron chi connectivity index (χ2n) is 6.38. The fourth-order valence-electron chi connectivity index (χ4n) is 2.79. The number of hydrogen-bond acceptors (Lipinski definition) is 5. The van der Waals surface area contributed by atoms with Gasteiger partial charge in [0.25, 0.3) is 0 Å². The van der Waals surface area contributed by atoms with E-state index in [0.717, 1.165) is 17.7 Å². The van der Waals surface area contributed by atoms with E-state index < -0.39 is 17.6 Å². The summed E-state index contributed by atoms with van der Waals surface area (Å²) in [5, 5.41) is 16.4. The highest BCUT2D eigenvalue weighted by atomic mass is 35.5. The molecule has 3 aromatic rings. The number of nitrogens with one attached hydrogen (secondary N) is 1. The standard InChI is InChI=1S/C19H13ClF3N5OS/c20-13-6-4-11(5-7-13)17-25-26-18-28(17)27-15(10-30-18)9-16(29)24-14-3-1-2-12(8-14)19(21,22)23/h1-8H,9-10H2,(H,24,29). The van der Waals surface area contributed by atoms with Gasteiger partial charge in [-0.05, 0) is 42.5 Å². The lowest BCUT2D eigenvalue weighted by molar-refractivity contribution is -0.137. The molecule has 0 fully saturated rings. The van der Waals surface area contributed by atoms with Crippen LogP contribution in [0.25, 0.3) is 11.4 Å². The van der Waals surface area contributed by atoms with Crippen molar-refractivity contribution in [2.24, 2.45) is 5.10 Å². The van der Waals surface area contributed by atoms with Crippen LogP contribution in [-0.2, 0) is 11.0 Å². The molecule has 0 saturated heterocycles. The number of alkyl halides is 3. The number of halogens is 4. The van der Waals surface area contributed by atoms with Crippen molar-refractivity contribution in [3.05, 3.63) is 59.1 Å². The molecule has 11 heteroatoms. The maximum atomic E-state index is 12.8. The van der Waals surface area contributed by atoms with Gasteiger partial charge in [-0.15, -0.1) is 10.2 Å². The summed E-state index contributed by atoms with van der Waals surface area (Å²) in [6, 6.07) is 11.5. The molecule has 1 amide bonds. The minimum absolute atomic E-state index is 0.0685. The Morgan fingerprint density at radius 1 is 1.17 bits per heavy atom. The van der Waals surface area contributed by atoms with Gasteiger partial charge in [-0.1, -0.05) is 29.4 Å². The van der Waals surface area contributed by atoms with E-state index in [4.69, 9.17) is 11.6 Å². The van der Waals surface area contributed by atoms with Crippen molar-refractivity contribution in [3.8, 4) is 11.4 Å². The Balaban J connectivity index is 1.50. The number of nitrogens with zero attached hydrogens (tertiary/aromatic N) is 4. The van der Waals surface area contributed by atoms with Crippen LogP contribution in [0.4, 0.5) is 18.9 Å². The molecular weight excluding hydrogens is 439 g/mol. The third kappa shape index (κ3) is 4.49. The number of fused-ring (bicyclic) bond motifs is 1. The first kappa shape index (κ1) is 20.4. The molecule has 2 aromatic carbocycles. The van der Waals surface area contributed by atoms with E-state index in [0.29, 0.717) is 27.5 Å². The SMILES string of the molecule is O=C(CC1=Nn2c(nnc2-c2ccc(Cl)cc2)SC1)Nc1cccc(C(F)(F)F)c1. The van der Waals surface area contributed by atoms with Gasteiger partial charge in [0.15, 0.2) is 5.82 Å². The zero-order chi connectivity index (χ0) is 21.3. The van der Waals surface area contributed by atoms with Crippen molar-refractivity contribution in [2.75, 3.05) is 11.1 Å². The molecule has 0 radical (unpaired) electrons. The largest absolute Gasteiger partial charge is 0.416 e. The molecule has 30 heavy (non-hydrogen) atoms. The monoisotopic (exact) mass is 451 g/mol. The van der Waals surface area contributed by atoms with Crippen molar-refractivity contribution in [1.29, 1.82) is 0 Å². The smallest absolute Gasteiger partial charge is 0.326 e. The normalized spacial score (nSPS) is 13.5. The highest BCUT2D eigenvalue weighted by Gasteiger charge is 2.30. The Hall–Kier alpha value is -2.85. The van der Waals surface area contributed by atoms with Crippen LogP contribution in [-0.4, -0.2) is 32.2 Å². The van der Waals surface area contributed by atoms with Gasteiger partial charge in [0, 0.05) is 22.0 Å². The minimum atomic E-state index is -4.48. The number of aromatic nitrogens is 3. The Bertz CT molecular complexity index is 1130. The van der Waals surface area contributed by atoms with Crippen LogP contribution < -0.4 is 5.32 Å². The van der Waals surface area contributed by atoms with Crippen LogP contribution >= 0.6 is 23.4 Å². The Labute approximate surface area is 178 Å². The molecule has 0 unspecified atom stereocenters. The summed E-state index contributed by atoms with van der Waals surface area (Å²) in [5.41, 5.74) is 0.558.